The summed E-state index contributed by atoms with van der Waals surface area (Å²) in [5, 5.41) is 3.99. The molecule has 4 rings (SSSR count). The number of hydrogen-bond donors (Lipinski definition) is 0. The van der Waals surface area contributed by atoms with E-state index in [1.165, 1.54) is 13.2 Å². The van der Waals surface area contributed by atoms with Crippen molar-refractivity contribution in [2.75, 3.05) is 40.0 Å². The molecule has 1 atom stereocenters. The highest BCUT2D eigenvalue weighted by molar-refractivity contribution is 5.79. The average molecular weight is 417 g/mol. The lowest BCUT2D eigenvalue weighted by Gasteiger charge is -2.31. The number of methoxy groups -OCH3 is 1. The van der Waals surface area contributed by atoms with Crippen molar-refractivity contribution in [3.8, 4) is 5.75 Å². The predicted molar refractivity (Wildman–Crippen MR) is 107 cm³/mol. The summed E-state index contributed by atoms with van der Waals surface area (Å²) in [6.45, 7) is 7.81. The van der Waals surface area contributed by atoms with Gasteiger partial charge < -0.3 is 18.9 Å². The highest BCUT2D eigenvalue weighted by Crippen LogP contribution is 2.36. The highest BCUT2D eigenvalue weighted by Gasteiger charge is 2.45. The summed E-state index contributed by atoms with van der Waals surface area (Å²) in [4.78, 5) is 16.9. The Morgan fingerprint density at radius 1 is 1.27 bits per heavy atom. The van der Waals surface area contributed by atoms with Crippen LogP contribution in [0.15, 0.2) is 22.7 Å². The van der Waals surface area contributed by atoms with E-state index in [-0.39, 0.29) is 17.1 Å². The molecule has 2 fully saturated rings. The highest BCUT2D eigenvalue weighted by atomic mass is 19.1. The Hall–Kier alpha value is -2.45. The number of carbonyl (C=O) groups excluding carboxylic acids is 1. The van der Waals surface area contributed by atoms with Crippen molar-refractivity contribution in [1.82, 2.24) is 15.0 Å². The Bertz CT molecular complexity index is 912. The Morgan fingerprint density at radius 3 is 2.80 bits per heavy atom. The quantitative estimate of drug-likeness (QED) is 0.745. The molecule has 1 aromatic carbocycles. The lowest BCUT2D eigenvalue weighted by Crippen LogP contribution is -2.40. The van der Waals surface area contributed by atoms with Crippen LogP contribution in [0.3, 0.4) is 0 Å². The third-order valence-electron chi connectivity index (χ3n) is 6.11. The van der Waals surface area contributed by atoms with Crippen molar-refractivity contribution in [2.24, 2.45) is 5.41 Å². The van der Waals surface area contributed by atoms with Gasteiger partial charge in [0.2, 0.25) is 5.91 Å². The fourth-order valence-electron chi connectivity index (χ4n) is 4.49. The number of likely N-dealkylation sites (tertiary alicyclic amines) is 1. The van der Waals surface area contributed by atoms with E-state index < -0.39 is 0 Å². The normalized spacial score (nSPS) is 22.7. The number of carbonyl (C=O) groups is 1. The van der Waals surface area contributed by atoms with E-state index in [0.717, 1.165) is 17.0 Å². The number of aromatic nitrogens is 1. The summed E-state index contributed by atoms with van der Waals surface area (Å²) < 4.78 is 30.7. The second-order valence-electron chi connectivity index (χ2n) is 8.45. The van der Waals surface area contributed by atoms with Gasteiger partial charge in [-0.1, -0.05) is 11.2 Å². The second kappa shape index (κ2) is 8.35. The van der Waals surface area contributed by atoms with Gasteiger partial charge in [0.15, 0.2) is 0 Å². The van der Waals surface area contributed by atoms with Crippen molar-refractivity contribution >= 4 is 5.91 Å². The Morgan fingerprint density at radius 2 is 2.10 bits per heavy atom. The molecule has 1 unspecified atom stereocenters. The maximum absolute atomic E-state index is 14.5. The SMILES string of the molecule is COc1ccc(CN2CCOCC3(CC(=O)N(Cc4c(C)noc4C)C3)C2)c(F)c1. The summed E-state index contributed by atoms with van der Waals surface area (Å²) in [7, 11) is 1.52. The van der Waals surface area contributed by atoms with Crippen LogP contribution in [0, 0.1) is 25.1 Å². The monoisotopic (exact) mass is 417 g/mol. The molecule has 2 saturated heterocycles. The number of rotatable bonds is 5. The second-order valence-corrected chi connectivity index (χ2v) is 8.45. The van der Waals surface area contributed by atoms with E-state index in [1.54, 1.807) is 12.1 Å². The third kappa shape index (κ3) is 4.20. The first-order valence-corrected chi connectivity index (χ1v) is 10.2. The van der Waals surface area contributed by atoms with Gasteiger partial charge in [0, 0.05) is 55.2 Å². The molecule has 0 aliphatic carbocycles. The molecule has 2 aromatic rings. The van der Waals surface area contributed by atoms with E-state index in [0.29, 0.717) is 63.7 Å². The van der Waals surface area contributed by atoms with Crippen LogP contribution in [0.25, 0.3) is 0 Å². The largest absolute Gasteiger partial charge is 0.497 e. The van der Waals surface area contributed by atoms with Crippen LogP contribution in [-0.4, -0.2) is 60.8 Å². The lowest BCUT2D eigenvalue weighted by molar-refractivity contribution is -0.128. The van der Waals surface area contributed by atoms with Gasteiger partial charge in [-0.2, -0.15) is 0 Å². The standard InChI is InChI=1S/C22H28FN3O4/c1-15-19(16(2)30-24-15)11-26-13-22(9-21(26)27)12-25(6-7-29-14-22)10-17-4-5-18(28-3)8-20(17)23/h4-5,8H,6-7,9-14H2,1-3H3. The topological polar surface area (TPSA) is 68.0 Å². The molecule has 1 spiro atoms. The average Bonchev–Trinajstić information content (AvgIpc) is 3.10. The van der Waals surface area contributed by atoms with Crippen LogP contribution in [0.2, 0.25) is 0 Å². The first-order chi connectivity index (χ1) is 14.4. The fraction of sp³-hybridized carbons (Fsp3) is 0.545. The number of nitrogens with zero attached hydrogens (tertiary/aromatic N) is 3. The number of hydrogen-bond acceptors (Lipinski definition) is 6. The smallest absolute Gasteiger partial charge is 0.223 e. The molecule has 2 aliphatic heterocycles. The Kier molecular flexibility index (Phi) is 5.79. The molecule has 3 heterocycles. The van der Waals surface area contributed by atoms with Crippen LogP contribution in [-0.2, 0) is 22.6 Å². The molecular weight excluding hydrogens is 389 g/mol. The number of amides is 1. The number of benzene rings is 1. The van der Waals surface area contributed by atoms with Gasteiger partial charge in [0.1, 0.15) is 17.3 Å². The van der Waals surface area contributed by atoms with Gasteiger partial charge in [-0.25, -0.2) is 4.39 Å². The number of ether oxygens (including phenoxy) is 2. The van der Waals surface area contributed by atoms with Gasteiger partial charge in [0.05, 0.1) is 32.6 Å². The van der Waals surface area contributed by atoms with Crippen molar-refractivity contribution in [1.29, 1.82) is 0 Å². The Labute approximate surface area is 175 Å². The molecule has 1 aromatic heterocycles. The van der Waals surface area contributed by atoms with E-state index in [2.05, 4.69) is 10.1 Å². The summed E-state index contributed by atoms with van der Waals surface area (Å²) in [6.07, 6.45) is 0.429. The Balaban J connectivity index is 1.48. The van der Waals surface area contributed by atoms with E-state index in [9.17, 15) is 9.18 Å². The van der Waals surface area contributed by atoms with Gasteiger partial charge in [-0.15, -0.1) is 0 Å². The molecule has 0 radical (unpaired) electrons. The molecular formula is C22H28FN3O4. The van der Waals surface area contributed by atoms with Crippen molar-refractivity contribution < 1.29 is 23.2 Å². The molecule has 8 heteroatoms. The van der Waals surface area contributed by atoms with Gasteiger partial charge in [0.25, 0.3) is 0 Å². The molecule has 2 aliphatic rings. The van der Waals surface area contributed by atoms with Crippen LogP contribution in [0.4, 0.5) is 4.39 Å². The summed E-state index contributed by atoms with van der Waals surface area (Å²) in [6, 6.07) is 4.94. The summed E-state index contributed by atoms with van der Waals surface area (Å²) in [5.41, 5.74) is 2.10. The van der Waals surface area contributed by atoms with Gasteiger partial charge in [-0.05, 0) is 19.9 Å². The molecule has 0 bridgehead atoms. The predicted octanol–water partition coefficient (Wildman–Crippen LogP) is 2.69. The molecule has 0 saturated carbocycles. The van der Waals surface area contributed by atoms with Crippen LogP contribution >= 0.6 is 0 Å². The maximum atomic E-state index is 14.5. The molecule has 1 amide bonds. The van der Waals surface area contributed by atoms with E-state index >= 15 is 0 Å². The maximum Gasteiger partial charge on any atom is 0.223 e. The zero-order valence-electron chi connectivity index (χ0n) is 17.7. The third-order valence-corrected chi connectivity index (χ3v) is 6.11. The molecule has 0 N–H and O–H groups in total. The molecule has 7 nitrogen and oxygen atoms in total. The van der Waals surface area contributed by atoms with E-state index in [1.807, 2.05) is 18.7 Å². The minimum Gasteiger partial charge on any atom is -0.497 e. The van der Waals surface area contributed by atoms with Crippen molar-refractivity contribution in [3.63, 3.8) is 0 Å². The zero-order valence-corrected chi connectivity index (χ0v) is 17.7. The van der Waals surface area contributed by atoms with Crippen LogP contribution < -0.4 is 4.74 Å². The van der Waals surface area contributed by atoms with E-state index in [4.69, 9.17) is 14.0 Å². The van der Waals surface area contributed by atoms with Gasteiger partial charge in [-0.3, -0.25) is 9.69 Å². The minimum atomic E-state index is -0.296. The van der Waals surface area contributed by atoms with Crippen molar-refractivity contribution in [3.05, 3.63) is 46.6 Å². The number of aryl methyl sites for hydroxylation is 2. The first-order valence-electron chi connectivity index (χ1n) is 10.2. The minimum absolute atomic E-state index is 0.107. The lowest BCUT2D eigenvalue weighted by atomic mass is 9.87. The first kappa shape index (κ1) is 20.8. The number of halogens is 1. The van der Waals surface area contributed by atoms with Crippen LogP contribution in [0.1, 0.15) is 29.0 Å². The molecule has 30 heavy (non-hydrogen) atoms. The summed E-state index contributed by atoms with van der Waals surface area (Å²) >= 11 is 0. The fourth-order valence-corrected chi connectivity index (χ4v) is 4.49. The summed E-state index contributed by atoms with van der Waals surface area (Å²) in [5.74, 6) is 1.07. The zero-order chi connectivity index (χ0) is 21.3. The van der Waals surface area contributed by atoms with Crippen LogP contribution in [0.5, 0.6) is 5.75 Å². The van der Waals surface area contributed by atoms with Gasteiger partial charge >= 0.3 is 0 Å². The van der Waals surface area contributed by atoms with Crippen molar-refractivity contribution in [2.45, 2.75) is 33.4 Å². The molecule has 162 valence electrons.